The van der Waals surface area contributed by atoms with Gasteiger partial charge in [0.1, 0.15) is 5.75 Å². The Bertz CT molecular complexity index is 1160. The van der Waals surface area contributed by atoms with E-state index in [1.165, 1.54) is 36.7 Å². The minimum absolute atomic E-state index is 0.0192. The Labute approximate surface area is 229 Å². The van der Waals surface area contributed by atoms with Crippen molar-refractivity contribution >= 4 is 17.5 Å². The molecule has 1 heterocycles. The fourth-order valence-electron chi connectivity index (χ4n) is 5.10. The number of carbonyl (C=O) groups excluding carboxylic acids is 1. The van der Waals surface area contributed by atoms with Crippen LogP contribution in [0.3, 0.4) is 0 Å². The van der Waals surface area contributed by atoms with Gasteiger partial charge in [-0.05, 0) is 68.1 Å². The van der Waals surface area contributed by atoms with Crippen LogP contribution in [0.25, 0.3) is 11.3 Å². The minimum atomic E-state index is -4.38. The molecule has 1 aromatic carbocycles. The molecular formula is C27H35ClF5N3O3. The van der Waals surface area contributed by atoms with E-state index in [2.05, 4.69) is 17.3 Å². The standard InChI is InChI=1S/C27H35ClF5N3O3/c1-5-36-22(20(28)21(35-36)23(37)34-15-26(38)10-8-16(2)9-11-26)18-7-6-17(12-19(18)39-24(29)30)13-25(3,4)14-27(31,32)33/h6-7,12,16,24,38H,5,8-11,13-15H2,1-4H3,(H,34,37). The van der Waals surface area contributed by atoms with Crippen molar-refractivity contribution in [3.63, 3.8) is 0 Å². The summed E-state index contributed by atoms with van der Waals surface area (Å²) in [5, 5.41) is 17.7. The molecule has 218 valence electrons. The Morgan fingerprint density at radius 1 is 1.28 bits per heavy atom. The maximum absolute atomic E-state index is 13.3. The highest BCUT2D eigenvalue weighted by atomic mass is 35.5. The summed E-state index contributed by atoms with van der Waals surface area (Å²) in [7, 11) is 0. The van der Waals surface area contributed by atoms with Gasteiger partial charge in [-0.2, -0.15) is 27.1 Å². The largest absolute Gasteiger partial charge is 0.434 e. The van der Waals surface area contributed by atoms with Crippen LogP contribution in [-0.2, 0) is 13.0 Å². The Morgan fingerprint density at radius 2 is 1.92 bits per heavy atom. The number of amides is 1. The lowest BCUT2D eigenvalue weighted by molar-refractivity contribution is -0.154. The summed E-state index contributed by atoms with van der Waals surface area (Å²) in [6.07, 6.45) is -2.67. The first kappa shape index (κ1) is 31.1. The van der Waals surface area contributed by atoms with E-state index >= 15 is 0 Å². The molecule has 0 spiro atoms. The van der Waals surface area contributed by atoms with Gasteiger partial charge in [-0.25, -0.2) is 0 Å². The van der Waals surface area contributed by atoms with Crippen LogP contribution in [0, 0.1) is 11.3 Å². The molecule has 1 saturated carbocycles. The quantitative estimate of drug-likeness (QED) is 0.297. The monoisotopic (exact) mass is 579 g/mol. The van der Waals surface area contributed by atoms with Crippen LogP contribution in [0.4, 0.5) is 22.0 Å². The molecule has 0 atom stereocenters. The molecule has 0 unspecified atom stereocenters. The van der Waals surface area contributed by atoms with Gasteiger partial charge in [0.05, 0.1) is 16.3 Å². The van der Waals surface area contributed by atoms with Gasteiger partial charge in [-0.1, -0.05) is 38.4 Å². The van der Waals surface area contributed by atoms with E-state index in [0.717, 1.165) is 12.8 Å². The maximum Gasteiger partial charge on any atom is 0.389 e. The predicted octanol–water partition coefficient (Wildman–Crippen LogP) is 7.02. The van der Waals surface area contributed by atoms with Gasteiger partial charge in [0, 0.05) is 25.1 Å². The number of aliphatic hydroxyl groups is 1. The summed E-state index contributed by atoms with van der Waals surface area (Å²) in [5.41, 5.74) is -1.71. The molecule has 0 aliphatic heterocycles. The summed E-state index contributed by atoms with van der Waals surface area (Å²) < 4.78 is 71.8. The zero-order chi connectivity index (χ0) is 29.2. The SMILES string of the molecule is CCn1nc(C(=O)NCC2(O)CCC(C)CC2)c(Cl)c1-c1ccc(CC(C)(C)CC(F)(F)F)cc1OC(F)F. The van der Waals surface area contributed by atoms with Gasteiger partial charge in [0.2, 0.25) is 0 Å². The van der Waals surface area contributed by atoms with E-state index in [9.17, 15) is 31.9 Å². The lowest BCUT2D eigenvalue weighted by atomic mass is 9.79. The summed E-state index contributed by atoms with van der Waals surface area (Å²) in [6.45, 7) is 3.77. The van der Waals surface area contributed by atoms with E-state index < -0.39 is 36.1 Å². The smallest absolute Gasteiger partial charge is 0.389 e. The zero-order valence-corrected chi connectivity index (χ0v) is 23.2. The van der Waals surface area contributed by atoms with E-state index in [4.69, 9.17) is 16.3 Å². The van der Waals surface area contributed by atoms with Gasteiger partial charge in [0.25, 0.3) is 5.91 Å². The number of halogens is 6. The number of rotatable bonds is 10. The molecule has 2 aromatic rings. The number of nitrogens with one attached hydrogen (secondary N) is 1. The second-order valence-electron chi connectivity index (χ2n) is 11.3. The molecule has 6 nitrogen and oxygen atoms in total. The van der Waals surface area contributed by atoms with Crippen molar-refractivity contribution < 1.29 is 36.6 Å². The van der Waals surface area contributed by atoms with Crippen molar-refractivity contribution in [3.8, 4) is 17.0 Å². The molecule has 1 amide bonds. The molecule has 3 rings (SSSR count). The number of ether oxygens (including phenoxy) is 1. The van der Waals surface area contributed by atoms with Crippen molar-refractivity contribution in [1.82, 2.24) is 15.1 Å². The van der Waals surface area contributed by atoms with Gasteiger partial charge in [-0.3, -0.25) is 9.48 Å². The highest BCUT2D eigenvalue weighted by molar-refractivity contribution is 6.36. The summed E-state index contributed by atoms with van der Waals surface area (Å²) in [6, 6.07) is 4.22. The zero-order valence-electron chi connectivity index (χ0n) is 22.5. The van der Waals surface area contributed by atoms with Crippen molar-refractivity contribution in [2.24, 2.45) is 11.3 Å². The third-order valence-corrected chi connectivity index (χ3v) is 7.43. The molecule has 1 aliphatic rings. The normalized spacial score (nSPS) is 20.4. The fraction of sp³-hybridized carbons (Fsp3) is 0.630. The van der Waals surface area contributed by atoms with Crippen LogP contribution in [-0.4, -0.2) is 45.7 Å². The Balaban J connectivity index is 1.91. The number of alkyl halides is 5. The van der Waals surface area contributed by atoms with Gasteiger partial charge < -0.3 is 15.2 Å². The third kappa shape index (κ3) is 8.30. The van der Waals surface area contributed by atoms with E-state index in [-0.39, 0.29) is 47.2 Å². The lowest BCUT2D eigenvalue weighted by Crippen LogP contribution is -2.45. The topological polar surface area (TPSA) is 76.4 Å². The van der Waals surface area contributed by atoms with E-state index in [1.807, 2.05) is 0 Å². The Hall–Kier alpha value is -2.40. The number of nitrogens with zero attached hydrogens (tertiary/aromatic N) is 2. The molecule has 1 aromatic heterocycles. The van der Waals surface area contributed by atoms with Gasteiger partial charge >= 0.3 is 12.8 Å². The second kappa shape index (κ2) is 12.0. The molecule has 39 heavy (non-hydrogen) atoms. The number of aromatic nitrogens is 2. The van der Waals surface area contributed by atoms with Crippen LogP contribution in [0.15, 0.2) is 18.2 Å². The van der Waals surface area contributed by atoms with Crippen LogP contribution in [0.5, 0.6) is 5.75 Å². The highest BCUT2D eigenvalue weighted by Crippen LogP contribution is 2.41. The van der Waals surface area contributed by atoms with Crippen molar-refractivity contribution in [1.29, 1.82) is 0 Å². The lowest BCUT2D eigenvalue weighted by Gasteiger charge is -2.34. The molecule has 12 heteroatoms. The molecule has 0 bridgehead atoms. The van der Waals surface area contributed by atoms with Crippen LogP contribution >= 0.6 is 11.6 Å². The highest BCUT2D eigenvalue weighted by Gasteiger charge is 2.37. The van der Waals surface area contributed by atoms with E-state index in [0.29, 0.717) is 24.3 Å². The average molecular weight is 580 g/mol. The average Bonchev–Trinajstić information content (AvgIpc) is 3.14. The third-order valence-electron chi connectivity index (χ3n) is 7.07. The first-order chi connectivity index (χ1) is 18.0. The van der Waals surface area contributed by atoms with Crippen LogP contribution in [0.2, 0.25) is 5.02 Å². The number of hydrogen-bond acceptors (Lipinski definition) is 4. The number of hydrogen-bond donors (Lipinski definition) is 2. The van der Waals surface area contributed by atoms with E-state index in [1.54, 1.807) is 6.92 Å². The van der Waals surface area contributed by atoms with Crippen molar-refractivity contribution in [2.75, 3.05) is 6.54 Å². The Kier molecular flexibility index (Phi) is 9.58. The molecule has 0 radical (unpaired) electrons. The minimum Gasteiger partial charge on any atom is -0.434 e. The van der Waals surface area contributed by atoms with Crippen LogP contribution in [0.1, 0.15) is 75.9 Å². The second-order valence-corrected chi connectivity index (χ2v) is 11.6. The van der Waals surface area contributed by atoms with Crippen LogP contribution < -0.4 is 10.1 Å². The first-order valence-corrected chi connectivity index (χ1v) is 13.3. The van der Waals surface area contributed by atoms with Gasteiger partial charge in [-0.15, -0.1) is 0 Å². The maximum atomic E-state index is 13.3. The predicted molar refractivity (Wildman–Crippen MR) is 138 cm³/mol. The van der Waals surface area contributed by atoms with Crippen molar-refractivity contribution in [2.45, 2.75) is 91.2 Å². The first-order valence-electron chi connectivity index (χ1n) is 12.9. The van der Waals surface area contributed by atoms with Gasteiger partial charge in [0.15, 0.2) is 5.69 Å². The van der Waals surface area contributed by atoms with Crippen molar-refractivity contribution in [3.05, 3.63) is 34.5 Å². The Morgan fingerprint density at radius 3 is 2.49 bits per heavy atom. The molecule has 0 saturated heterocycles. The number of benzene rings is 1. The summed E-state index contributed by atoms with van der Waals surface area (Å²) in [5.74, 6) is -0.410. The summed E-state index contributed by atoms with van der Waals surface area (Å²) in [4.78, 5) is 13.0. The summed E-state index contributed by atoms with van der Waals surface area (Å²) >= 11 is 6.57. The fourth-order valence-corrected chi connectivity index (χ4v) is 5.42. The molecule has 1 fully saturated rings. The molecule has 1 aliphatic carbocycles. The molecule has 2 N–H and O–H groups in total. The number of carbonyl (C=O) groups is 1. The number of aryl methyl sites for hydroxylation is 1. The molecular weight excluding hydrogens is 545 g/mol.